The van der Waals surface area contributed by atoms with Crippen molar-refractivity contribution in [3.63, 3.8) is 0 Å². The van der Waals surface area contributed by atoms with Crippen LogP contribution in [0.2, 0.25) is 0 Å². The van der Waals surface area contributed by atoms with Crippen molar-refractivity contribution in [2.45, 2.75) is 18.3 Å². The van der Waals surface area contributed by atoms with Gasteiger partial charge in [-0.15, -0.1) is 0 Å². The fraction of sp³-hybridized carbons (Fsp3) is 0.333. The lowest BCUT2D eigenvalue weighted by Gasteiger charge is -1.94. The first-order chi connectivity index (χ1) is 5.64. The molecule has 1 saturated carbocycles. The molecule has 0 aromatic heterocycles. The summed E-state index contributed by atoms with van der Waals surface area (Å²) in [6.07, 6.45) is -1.19. The Morgan fingerprint density at radius 2 is 2.00 bits per heavy atom. The second-order valence-corrected chi connectivity index (χ2v) is 2.58. The minimum atomic E-state index is -1.19. The second-order valence-electron chi connectivity index (χ2n) is 2.58. The maximum Gasteiger partial charge on any atom is 0.0289 e. The van der Waals surface area contributed by atoms with Crippen molar-refractivity contribution in [3.8, 4) is 0 Å². The van der Waals surface area contributed by atoms with Gasteiger partial charge in [0, 0.05) is 14.7 Å². The highest BCUT2D eigenvalue weighted by Crippen LogP contribution is 2.38. The number of rotatable bonds is 1. The van der Waals surface area contributed by atoms with Crippen LogP contribution < -0.4 is 5.73 Å². The quantitative estimate of drug-likeness (QED) is 0.620. The highest BCUT2D eigenvalue weighted by Gasteiger charge is 2.34. The molecule has 0 saturated heterocycles. The predicted octanol–water partition coefficient (Wildman–Crippen LogP) is 1.50. The van der Waals surface area contributed by atoms with Crippen LogP contribution >= 0.6 is 0 Å². The molecule has 0 spiro atoms. The Labute approximate surface area is 63.7 Å². The molecule has 2 unspecified atom stereocenters. The van der Waals surface area contributed by atoms with Crippen LogP contribution in [0, 0.1) is 0 Å². The number of benzene rings is 1. The summed E-state index contributed by atoms with van der Waals surface area (Å²) in [5.41, 5.74) is 6.61. The largest absolute Gasteiger partial charge is 0.327 e. The second kappa shape index (κ2) is 2.10. The van der Waals surface area contributed by atoms with E-state index in [1.54, 1.807) is 0 Å². The van der Waals surface area contributed by atoms with Gasteiger partial charge in [-0.3, -0.25) is 0 Å². The van der Waals surface area contributed by atoms with Gasteiger partial charge in [-0.05, 0) is 11.9 Å². The van der Waals surface area contributed by atoms with Gasteiger partial charge in [0.05, 0.1) is 0 Å². The van der Waals surface area contributed by atoms with Crippen molar-refractivity contribution in [2.75, 3.05) is 0 Å². The molecule has 0 amide bonds. The number of nitrogens with two attached hydrogens (primary N) is 1. The van der Waals surface area contributed by atoms with E-state index in [1.165, 1.54) is 0 Å². The monoisotopic (exact) mass is 135 g/mol. The van der Waals surface area contributed by atoms with Crippen LogP contribution in [-0.4, -0.2) is 6.04 Å². The van der Waals surface area contributed by atoms with Crippen molar-refractivity contribution in [3.05, 3.63) is 35.9 Å². The Kier molecular flexibility index (Phi) is 0.868. The van der Waals surface area contributed by atoms with Crippen molar-refractivity contribution < 1.29 is 2.74 Å². The standard InChI is InChI=1S/C9H11N/c10-9-6-8(9)7-4-2-1-3-5-7/h1-5,8-9H,6,10H2/i6D2. The Bertz CT molecular complexity index is 284. The lowest BCUT2D eigenvalue weighted by atomic mass is 10.1. The molecule has 1 aliphatic rings. The molecule has 1 aromatic carbocycles. The van der Waals surface area contributed by atoms with Crippen molar-refractivity contribution in [1.29, 1.82) is 0 Å². The van der Waals surface area contributed by atoms with Crippen molar-refractivity contribution >= 4 is 0 Å². The van der Waals surface area contributed by atoms with Gasteiger partial charge in [-0.2, -0.15) is 0 Å². The number of hydrogen-bond donors (Lipinski definition) is 1. The molecule has 2 rings (SSSR count). The lowest BCUT2D eigenvalue weighted by molar-refractivity contribution is 0.991. The van der Waals surface area contributed by atoms with E-state index in [9.17, 15) is 0 Å². The maximum absolute atomic E-state index is 7.49. The average molecular weight is 135 g/mol. The molecular formula is C9H11N. The molecule has 2 N–H and O–H groups in total. The van der Waals surface area contributed by atoms with Crippen LogP contribution in [-0.2, 0) is 0 Å². The summed E-state index contributed by atoms with van der Waals surface area (Å²) in [5.74, 6) is -0.0984. The predicted molar refractivity (Wildman–Crippen MR) is 41.8 cm³/mol. The smallest absolute Gasteiger partial charge is 0.0289 e. The van der Waals surface area contributed by atoms with E-state index in [0.29, 0.717) is 0 Å². The fourth-order valence-corrected chi connectivity index (χ4v) is 1.12. The Morgan fingerprint density at radius 1 is 1.40 bits per heavy atom. The SMILES string of the molecule is [2H]C1([2H])C(N)C1c1ccccc1. The van der Waals surface area contributed by atoms with E-state index < -0.39 is 6.37 Å². The first-order valence-corrected chi connectivity index (χ1v) is 3.44. The fourth-order valence-electron chi connectivity index (χ4n) is 1.12. The first-order valence-electron chi connectivity index (χ1n) is 4.44. The van der Waals surface area contributed by atoms with E-state index in [2.05, 4.69) is 0 Å². The molecule has 1 aromatic rings. The molecule has 1 heteroatoms. The Hall–Kier alpha value is -0.820. The third kappa shape index (κ3) is 0.929. The zero-order valence-corrected chi connectivity index (χ0v) is 5.62. The van der Waals surface area contributed by atoms with E-state index >= 15 is 0 Å². The third-order valence-electron chi connectivity index (χ3n) is 1.78. The molecule has 1 aliphatic carbocycles. The van der Waals surface area contributed by atoms with Crippen molar-refractivity contribution in [1.82, 2.24) is 0 Å². The maximum atomic E-state index is 7.49. The normalized spacial score (nSPS) is 38.1. The van der Waals surface area contributed by atoms with Gasteiger partial charge in [0.25, 0.3) is 0 Å². The summed E-state index contributed by atoms with van der Waals surface area (Å²) in [4.78, 5) is 0. The molecule has 0 radical (unpaired) electrons. The Morgan fingerprint density at radius 3 is 2.50 bits per heavy atom. The van der Waals surface area contributed by atoms with Crippen molar-refractivity contribution in [2.24, 2.45) is 5.73 Å². The third-order valence-corrected chi connectivity index (χ3v) is 1.78. The molecule has 0 aliphatic heterocycles. The summed E-state index contributed by atoms with van der Waals surface area (Å²) in [6.45, 7) is 0. The van der Waals surface area contributed by atoms with Gasteiger partial charge in [-0.1, -0.05) is 30.3 Å². The lowest BCUT2D eigenvalue weighted by Crippen LogP contribution is -2.00. The first kappa shape index (κ1) is 4.14. The van der Waals surface area contributed by atoms with Gasteiger partial charge in [0.15, 0.2) is 0 Å². The van der Waals surface area contributed by atoms with E-state index in [4.69, 9.17) is 8.48 Å². The molecule has 52 valence electrons. The zero-order valence-electron chi connectivity index (χ0n) is 7.62. The molecule has 0 heterocycles. The molecule has 1 nitrogen and oxygen atoms in total. The highest BCUT2D eigenvalue weighted by atomic mass is 14.7. The van der Waals surface area contributed by atoms with E-state index in [-0.39, 0.29) is 12.0 Å². The average Bonchev–Trinajstić information content (AvgIpc) is 2.53. The Balaban J connectivity index is 2.25. The minimum absolute atomic E-state index is 0.0984. The summed E-state index contributed by atoms with van der Waals surface area (Å²) < 4.78 is 15.0. The van der Waals surface area contributed by atoms with E-state index in [0.717, 1.165) is 5.56 Å². The van der Waals surface area contributed by atoms with Crippen LogP contribution in [0.5, 0.6) is 0 Å². The van der Waals surface area contributed by atoms with Gasteiger partial charge < -0.3 is 5.73 Å². The molecule has 2 atom stereocenters. The highest BCUT2D eigenvalue weighted by molar-refractivity contribution is 5.26. The van der Waals surface area contributed by atoms with Crippen LogP contribution in [0.1, 0.15) is 20.6 Å². The van der Waals surface area contributed by atoms with Crippen LogP contribution in [0.3, 0.4) is 0 Å². The van der Waals surface area contributed by atoms with Crippen LogP contribution in [0.4, 0.5) is 0 Å². The van der Waals surface area contributed by atoms with Crippen LogP contribution in [0.15, 0.2) is 30.3 Å². The zero-order chi connectivity index (χ0) is 8.77. The molecule has 1 fully saturated rings. The molecule has 10 heavy (non-hydrogen) atoms. The van der Waals surface area contributed by atoms with Gasteiger partial charge >= 0.3 is 0 Å². The summed E-state index contributed by atoms with van der Waals surface area (Å²) in [5, 5.41) is 0. The van der Waals surface area contributed by atoms with Gasteiger partial charge in [-0.25, -0.2) is 0 Å². The number of hydrogen-bond acceptors (Lipinski definition) is 1. The van der Waals surface area contributed by atoms with E-state index in [1.807, 2.05) is 30.3 Å². The molecule has 0 bridgehead atoms. The summed E-state index contributed by atoms with van der Waals surface area (Å²) >= 11 is 0. The van der Waals surface area contributed by atoms with Gasteiger partial charge in [0.2, 0.25) is 0 Å². The topological polar surface area (TPSA) is 26.0 Å². The molecular weight excluding hydrogens is 122 g/mol. The van der Waals surface area contributed by atoms with Gasteiger partial charge in [0.1, 0.15) is 0 Å². The minimum Gasteiger partial charge on any atom is -0.327 e. The van der Waals surface area contributed by atoms with Crippen LogP contribution in [0.25, 0.3) is 0 Å². The summed E-state index contributed by atoms with van der Waals surface area (Å²) in [7, 11) is 0. The summed E-state index contributed by atoms with van der Waals surface area (Å²) in [6, 6.07) is 9.28.